The van der Waals surface area contributed by atoms with Gasteiger partial charge in [-0.25, -0.2) is 4.98 Å². The van der Waals surface area contributed by atoms with Gasteiger partial charge >= 0.3 is 0 Å². The van der Waals surface area contributed by atoms with E-state index in [1.807, 2.05) is 24.3 Å². The maximum atomic E-state index is 6.00. The minimum atomic E-state index is 0.332. The van der Waals surface area contributed by atoms with Crippen LogP contribution in [0.4, 0.5) is 0 Å². The lowest BCUT2D eigenvalue weighted by Crippen LogP contribution is -2.00. The van der Waals surface area contributed by atoms with Gasteiger partial charge in [0.1, 0.15) is 0 Å². The fourth-order valence-electron chi connectivity index (χ4n) is 1.95. The number of aryl methyl sites for hydroxylation is 2. The van der Waals surface area contributed by atoms with Crippen LogP contribution in [-0.2, 0) is 6.42 Å². The largest absolute Gasteiger partial charge is 0.278 e. The number of fused-ring (bicyclic) bond motifs is 1. The van der Waals surface area contributed by atoms with Crippen molar-refractivity contribution >= 4 is 17.2 Å². The van der Waals surface area contributed by atoms with Crippen molar-refractivity contribution in [3.63, 3.8) is 0 Å². The summed E-state index contributed by atoms with van der Waals surface area (Å²) in [6.45, 7) is 3.92. The molecule has 3 rings (SSSR count). The molecule has 0 aromatic carbocycles. The van der Waals surface area contributed by atoms with E-state index in [0.29, 0.717) is 16.6 Å². The summed E-state index contributed by atoms with van der Waals surface area (Å²) in [7, 11) is 0. The molecule has 0 bridgehead atoms. The first kappa shape index (κ1) is 12.0. The second kappa shape index (κ2) is 4.55. The third kappa shape index (κ3) is 1.94. The van der Waals surface area contributed by atoms with E-state index in [4.69, 9.17) is 11.6 Å². The van der Waals surface area contributed by atoms with Crippen LogP contribution in [0, 0.1) is 6.92 Å². The van der Waals surface area contributed by atoms with Crippen LogP contribution in [-0.4, -0.2) is 29.8 Å². The van der Waals surface area contributed by atoms with Gasteiger partial charge < -0.3 is 0 Å². The van der Waals surface area contributed by atoms with Crippen molar-refractivity contribution in [1.82, 2.24) is 29.8 Å². The molecule has 0 spiro atoms. The van der Waals surface area contributed by atoms with E-state index >= 15 is 0 Å². The Balaban J connectivity index is 2.30. The number of hydrogen-bond donors (Lipinski definition) is 0. The zero-order valence-electron chi connectivity index (χ0n) is 10.5. The lowest BCUT2D eigenvalue weighted by molar-refractivity contribution is 0.889. The van der Waals surface area contributed by atoms with E-state index < -0.39 is 0 Å². The van der Waals surface area contributed by atoms with Gasteiger partial charge in [0.25, 0.3) is 0 Å². The lowest BCUT2D eigenvalue weighted by Gasteiger charge is -2.05. The molecule has 0 unspecified atom stereocenters. The lowest BCUT2D eigenvalue weighted by atomic mass is 10.1. The van der Waals surface area contributed by atoms with E-state index in [0.717, 1.165) is 23.4 Å². The van der Waals surface area contributed by atoms with Crippen molar-refractivity contribution in [2.75, 3.05) is 0 Å². The second-order valence-electron chi connectivity index (χ2n) is 4.13. The van der Waals surface area contributed by atoms with Crippen LogP contribution in [0.25, 0.3) is 17.0 Å². The van der Waals surface area contributed by atoms with E-state index in [1.165, 1.54) is 0 Å². The number of rotatable bonds is 2. The zero-order chi connectivity index (χ0) is 13.4. The summed E-state index contributed by atoms with van der Waals surface area (Å²) >= 11 is 6.00. The number of halogens is 1. The van der Waals surface area contributed by atoms with E-state index in [1.54, 1.807) is 12.4 Å². The summed E-state index contributed by atoms with van der Waals surface area (Å²) in [6, 6.07) is 1.95. The van der Waals surface area contributed by atoms with Crippen molar-refractivity contribution in [2.45, 2.75) is 20.3 Å². The second-order valence-corrected chi connectivity index (χ2v) is 4.49. The molecule has 19 heavy (non-hydrogen) atoms. The van der Waals surface area contributed by atoms with Crippen LogP contribution in [0.3, 0.4) is 0 Å². The highest BCUT2D eigenvalue weighted by Gasteiger charge is 2.15. The molecule has 96 valence electrons. The minimum Gasteiger partial charge on any atom is -0.278 e. The summed E-state index contributed by atoms with van der Waals surface area (Å²) in [5.41, 5.74) is 3.18. The topological polar surface area (TPSA) is 68.9 Å². The van der Waals surface area contributed by atoms with Crippen molar-refractivity contribution < 1.29 is 0 Å². The minimum absolute atomic E-state index is 0.332. The molecule has 0 aliphatic heterocycles. The molecule has 0 saturated heterocycles. The molecule has 0 aliphatic rings. The SMILES string of the molecule is CCc1nnc(C)cc1-c1nnc2c(Cl)nccn12. The Bertz CT molecular complexity index is 751. The highest BCUT2D eigenvalue weighted by atomic mass is 35.5. The quantitative estimate of drug-likeness (QED) is 0.716. The van der Waals surface area contributed by atoms with Gasteiger partial charge in [-0.1, -0.05) is 18.5 Å². The van der Waals surface area contributed by atoms with Crippen LogP contribution in [0.2, 0.25) is 5.15 Å². The van der Waals surface area contributed by atoms with Gasteiger partial charge in [-0.15, -0.1) is 10.2 Å². The van der Waals surface area contributed by atoms with Gasteiger partial charge in [-0.3, -0.25) is 4.40 Å². The molecule has 0 amide bonds. The molecule has 3 aromatic rings. The number of hydrogen-bond acceptors (Lipinski definition) is 5. The summed E-state index contributed by atoms with van der Waals surface area (Å²) in [5, 5.41) is 16.9. The highest BCUT2D eigenvalue weighted by molar-refractivity contribution is 6.32. The van der Waals surface area contributed by atoms with Crippen LogP contribution in [0.1, 0.15) is 18.3 Å². The molecule has 6 nitrogen and oxygen atoms in total. The average molecular weight is 275 g/mol. The smallest absolute Gasteiger partial charge is 0.198 e. The number of nitrogens with zero attached hydrogens (tertiary/aromatic N) is 6. The van der Waals surface area contributed by atoms with Crippen molar-refractivity contribution in [1.29, 1.82) is 0 Å². The van der Waals surface area contributed by atoms with E-state index in [-0.39, 0.29) is 0 Å². The molecular formula is C12H11ClN6. The molecule has 0 atom stereocenters. The monoisotopic (exact) mass is 274 g/mol. The Morgan fingerprint density at radius 3 is 2.84 bits per heavy atom. The summed E-state index contributed by atoms with van der Waals surface area (Å²) in [5.74, 6) is 0.703. The predicted molar refractivity (Wildman–Crippen MR) is 70.9 cm³/mol. The van der Waals surface area contributed by atoms with Crippen LogP contribution >= 0.6 is 11.6 Å². The first-order valence-electron chi connectivity index (χ1n) is 5.89. The first-order chi connectivity index (χ1) is 9.20. The standard InChI is InChI=1S/C12H11ClN6/c1-3-9-8(6-7(2)15-16-9)11-17-18-12-10(13)14-4-5-19(11)12/h4-6H,3H2,1-2H3. The van der Waals surface area contributed by atoms with Crippen molar-refractivity contribution in [3.05, 3.63) is 35.0 Å². The van der Waals surface area contributed by atoms with Gasteiger partial charge in [0, 0.05) is 18.0 Å². The third-order valence-electron chi connectivity index (χ3n) is 2.85. The fourth-order valence-corrected chi connectivity index (χ4v) is 2.13. The highest BCUT2D eigenvalue weighted by Crippen LogP contribution is 2.23. The third-order valence-corrected chi connectivity index (χ3v) is 3.12. The van der Waals surface area contributed by atoms with Gasteiger partial charge in [-0.2, -0.15) is 10.2 Å². The molecule has 3 aromatic heterocycles. The maximum Gasteiger partial charge on any atom is 0.198 e. The molecule has 0 radical (unpaired) electrons. The Morgan fingerprint density at radius 2 is 2.05 bits per heavy atom. The Morgan fingerprint density at radius 1 is 1.21 bits per heavy atom. The van der Waals surface area contributed by atoms with E-state index in [9.17, 15) is 0 Å². The maximum absolute atomic E-state index is 6.00. The number of aromatic nitrogens is 6. The van der Waals surface area contributed by atoms with Gasteiger partial charge in [0.2, 0.25) is 0 Å². The van der Waals surface area contributed by atoms with Crippen molar-refractivity contribution in [2.24, 2.45) is 0 Å². The molecule has 0 N–H and O–H groups in total. The summed E-state index contributed by atoms with van der Waals surface area (Å²) in [6.07, 6.45) is 4.18. The molecule has 0 aliphatic carbocycles. The molecule has 7 heteroatoms. The van der Waals surface area contributed by atoms with Gasteiger partial charge in [-0.05, 0) is 19.4 Å². The molecule has 0 saturated carbocycles. The fraction of sp³-hybridized carbons (Fsp3) is 0.250. The normalized spacial score (nSPS) is 11.1. The van der Waals surface area contributed by atoms with Crippen LogP contribution < -0.4 is 0 Å². The van der Waals surface area contributed by atoms with Crippen molar-refractivity contribution in [3.8, 4) is 11.4 Å². The molecule has 0 fully saturated rings. The molecule has 3 heterocycles. The zero-order valence-corrected chi connectivity index (χ0v) is 11.3. The molecular weight excluding hydrogens is 264 g/mol. The van der Waals surface area contributed by atoms with Gasteiger partial charge in [0.15, 0.2) is 16.6 Å². The predicted octanol–water partition coefficient (Wildman–Crippen LogP) is 2.11. The summed E-state index contributed by atoms with van der Waals surface area (Å²) < 4.78 is 1.81. The summed E-state index contributed by atoms with van der Waals surface area (Å²) in [4.78, 5) is 3.99. The Kier molecular flexibility index (Phi) is 2.87. The van der Waals surface area contributed by atoms with Crippen LogP contribution in [0.5, 0.6) is 0 Å². The average Bonchev–Trinajstić information content (AvgIpc) is 2.84. The van der Waals surface area contributed by atoms with E-state index in [2.05, 4.69) is 25.4 Å². The Hall–Kier alpha value is -2.08. The van der Waals surface area contributed by atoms with Gasteiger partial charge in [0.05, 0.1) is 11.4 Å². The first-order valence-corrected chi connectivity index (χ1v) is 6.27. The Labute approximate surface area is 114 Å². The van der Waals surface area contributed by atoms with Crippen LogP contribution in [0.15, 0.2) is 18.5 Å².